The SMILES string of the molecule is COc1ccc(C(=O)O[C@@H]2CC[C@]3(C)[C@@H]4CC[C@@]5(C)[C@H](CC[C@H]5[C@H](C)CCCC(C)C)[C@H]4C[C@@H]4O[C@@]43C2)cc1. The first-order valence-electron chi connectivity index (χ1n) is 16.1. The van der Waals surface area contributed by atoms with Gasteiger partial charge < -0.3 is 14.2 Å². The molecule has 39 heavy (non-hydrogen) atoms. The number of hydrogen-bond acceptors (Lipinski definition) is 4. The molecule has 0 N–H and O–H groups in total. The van der Waals surface area contributed by atoms with Crippen molar-refractivity contribution in [3.63, 3.8) is 0 Å². The van der Waals surface area contributed by atoms with E-state index >= 15 is 0 Å². The fourth-order valence-corrected chi connectivity index (χ4v) is 10.7. The quantitative estimate of drug-likeness (QED) is 0.247. The lowest BCUT2D eigenvalue weighted by Crippen LogP contribution is -2.59. The monoisotopic (exact) mass is 536 g/mol. The first-order chi connectivity index (χ1) is 18.6. The number of benzene rings is 1. The molecule has 0 radical (unpaired) electrons. The third-order valence-corrected chi connectivity index (χ3v) is 12.8. The second-order valence-corrected chi connectivity index (χ2v) is 15.1. The Labute approximate surface area is 236 Å². The number of carbonyl (C=O) groups excluding carboxylic acids is 1. The van der Waals surface area contributed by atoms with E-state index in [1.807, 2.05) is 12.1 Å². The summed E-state index contributed by atoms with van der Waals surface area (Å²) in [4.78, 5) is 12.9. The van der Waals surface area contributed by atoms with Crippen molar-refractivity contribution in [3.8, 4) is 5.75 Å². The molecule has 4 heteroatoms. The Bertz CT molecular complexity index is 1050. The zero-order chi connectivity index (χ0) is 27.6. The third-order valence-electron chi connectivity index (χ3n) is 12.8. The summed E-state index contributed by atoms with van der Waals surface area (Å²) in [5.74, 6) is 5.51. The van der Waals surface area contributed by atoms with Gasteiger partial charge in [0.05, 0.1) is 18.8 Å². The van der Waals surface area contributed by atoms with Crippen molar-refractivity contribution < 1.29 is 19.0 Å². The van der Waals surface area contributed by atoms with Gasteiger partial charge in [-0.2, -0.15) is 0 Å². The van der Waals surface area contributed by atoms with Crippen molar-refractivity contribution >= 4 is 5.97 Å². The summed E-state index contributed by atoms with van der Waals surface area (Å²) in [5, 5.41) is 0. The molecule has 4 saturated carbocycles. The highest BCUT2D eigenvalue weighted by Crippen LogP contribution is 2.74. The van der Waals surface area contributed by atoms with Gasteiger partial charge in [-0.1, -0.05) is 53.9 Å². The molecule has 0 aromatic heterocycles. The highest BCUT2D eigenvalue weighted by molar-refractivity contribution is 5.89. The van der Waals surface area contributed by atoms with Crippen LogP contribution in [0.25, 0.3) is 0 Å². The van der Waals surface area contributed by atoms with E-state index in [1.165, 1.54) is 51.4 Å². The lowest BCUT2D eigenvalue weighted by atomic mass is 9.44. The molecule has 0 amide bonds. The maximum Gasteiger partial charge on any atom is 0.338 e. The molecule has 1 aromatic rings. The Morgan fingerprint density at radius 3 is 2.49 bits per heavy atom. The van der Waals surface area contributed by atoms with Gasteiger partial charge in [-0.3, -0.25) is 0 Å². The molecule has 0 unspecified atom stereocenters. The summed E-state index contributed by atoms with van der Waals surface area (Å²) in [6, 6.07) is 7.25. The average molecular weight is 537 g/mol. The van der Waals surface area contributed by atoms with Crippen molar-refractivity contribution in [2.75, 3.05) is 7.11 Å². The van der Waals surface area contributed by atoms with Crippen LogP contribution in [0.2, 0.25) is 0 Å². The summed E-state index contributed by atoms with van der Waals surface area (Å²) in [5.41, 5.74) is 1.24. The topological polar surface area (TPSA) is 48.1 Å². The van der Waals surface area contributed by atoms with Crippen LogP contribution in [0.15, 0.2) is 24.3 Å². The lowest BCUT2D eigenvalue weighted by molar-refractivity contribution is -0.118. The van der Waals surface area contributed by atoms with E-state index in [9.17, 15) is 4.79 Å². The molecule has 5 aliphatic rings. The second-order valence-electron chi connectivity index (χ2n) is 15.1. The number of epoxide rings is 1. The highest BCUT2D eigenvalue weighted by atomic mass is 16.6. The number of fused-ring (bicyclic) bond motifs is 4. The van der Waals surface area contributed by atoms with E-state index in [1.54, 1.807) is 19.2 Å². The van der Waals surface area contributed by atoms with E-state index < -0.39 is 0 Å². The normalized spacial score (nSPS) is 43.1. The molecule has 4 nitrogen and oxygen atoms in total. The average Bonchev–Trinajstić information content (AvgIpc) is 3.49. The maximum atomic E-state index is 12.9. The van der Waals surface area contributed by atoms with Crippen LogP contribution in [0.1, 0.15) is 116 Å². The minimum Gasteiger partial charge on any atom is -0.497 e. The van der Waals surface area contributed by atoms with Crippen molar-refractivity contribution in [3.05, 3.63) is 29.8 Å². The molecule has 5 fully saturated rings. The maximum absolute atomic E-state index is 12.9. The van der Waals surface area contributed by atoms with Gasteiger partial charge in [0.1, 0.15) is 17.5 Å². The van der Waals surface area contributed by atoms with Gasteiger partial charge >= 0.3 is 5.97 Å². The van der Waals surface area contributed by atoms with Crippen LogP contribution < -0.4 is 4.74 Å². The van der Waals surface area contributed by atoms with Gasteiger partial charge in [-0.15, -0.1) is 0 Å². The summed E-state index contributed by atoms with van der Waals surface area (Å²) in [6.07, 6.45) is 14.3. The Kier molecular flexibility index (Phi) is 7.13. The Morgan fingerprint density at radius 2 is 1.77 bits per heavy atom. The van der Waals surface area contributed by atoms with Crippen molar-refractivity contribution in [1.29, 1.82) is 0 Å². The summed E-state index contributed by atoms with van der Waals surface area (Å²) < 4.78 is 18.1. The molecule has 1 aliphatic heterocycles. The number of rotatable bonds is 8. The minimum atomic E-state index is -0.221. The Hall–Kier alpha value is -1.55. The third kappa shape index (κ3) is 4.46. The fourth-order valence-electron chi connectivity index (χ4n) is 10.7. The second kappa shape index (κ2) is 10.1. The fraction of sp³-hybridized carbons (Fsp3) is 0.800. The molecule has 4 aliphatic carbocycles. The number of hydrogen-bond donors (Lipinski definition) is 0. The van der Waals surface area contributed by atoms with Crippen LogP contribution >= 0.6 is 0 Å². The van der Waals surface area contributed by atoms with Crippen LogP contribution in [-0.2, 0) is 9.47 Å². The van der Waals surface area contributed by atoms with Crippen LogP contribution in [-0.4, -0.2) is 30.9 Å². The molecule has 6 rings (SSSR count). The molecule has 1 saturated heterocycles. The summed E-state index contributed by atoms with van der Waals surface area (Å²) in [7, 11) is 1.64. The molecular weight excluding hydrogens is 484 g/mol. The summed E-state index contributed by atoms with van der Waals surface area (Å²) >= 11 is 0. The van der Waals surface area contributed by atoms with E-state index in [-0.39, 0.29) is 23.1 Å². The Morgan fingerprint density at radius 1 is 1.00 bits per heavy atom. The smallest absolute Gasteiger partial charge is 0.338 e. The molecule has 1 aromatic carbocycles. The van der Waals surface area contributed by atoms with Crippen LogP contribution in [0, 0.1) is 46.3 Å². The largest absolute Gasteiger partial charge is 0.497 e. The molecule has 216 valence electrons. The van der Waals surface area contributed by atoms with Crippen LogP contribution in [0.5, 0.6) is 5.75 Å². The van der Waals surface area contributed by atoms with Gasteiger partial charge in [-0.25, -0.2) is 4.79 Å². The van der Waals surface area contributed by atoms with Gasteiger partial charge in [0.2, 0.25) is 0 Å². The van der Waals surface area contributed by atoms with E-state index in [0.29, 0.717) is 17.1 Å². The number of ether oxygens (including phenoxy) is 3. The van der Waals surface area contributed by atoms with Crippen molar-refractivity contribution in [1.82, 2.24) is 0 Å². The first kappa shape index (κ1) is 27.6. The van der Waals surface area contributed by atoms with Crippen LogP contribution in [0.3, 0.4) is 0 Å². The van der Waals surface area contributed by atoms with Gasteiger partial charge in [0, 0.05) is 11.8 Å². The zero-order valence-corrected chi connectivity index (χ0v) is 25.3. The van der Waals surface area contributed by atoms with E-state index in [2.05, 4.69) is 34.6 Å². The molecule has 1 heterocycles. The van der Waals surface area contributed by atoms with Crippen molar-refractivity contribution in [2.24, 2.45) is 46.3 Å². The predicted molar refractivity (Wildman–Crippen MR) is 155 cm³/mol. The van der Waals surface area contributed by atoms with Gasteiger partial charge in [-0.05, 0) is 110 Å². The highest BCUT2D eigenvalue weighted by Gasteiger charge is 2.76. The first-order valence-corrected chi connectivity index (χ1v) is 16.1. The molecular formula is C35H52O4. The number of carbonyl (C=O) groups is 1. The van der Waals surface area contributed by atoms with Crippen molar-refractivity contribution in [2.45, 2.75) is 123 Å². The molecule has 1 spiro atoms. The predicted octanol–water partition coefficient (Wildman–Crippen LogP) is 8.47. The van der Waals surface area contributed by atoms with E-state index in [4.69, 9.17) is 14.2 Å². The molecule has 10 atom stereocenters. The lowest BCUT2D eigenvalue weighted by Gasteiger charge is -2.59. The number of methoxy groups -OCH3 is 1. The van der Waals surface area contributed by atoms with Gasteiger partial charge in [0.25, 0.3) is 0 Å². The zero-order valence-electron chi connectivity index (χ0n) is 25.3. The standard InChI is InChI=1S/C35H52O4/c1-22(2)8-7-9-23(3)28-14-15-29-27-20-31-35(39-31)21-26(38-32(36)24-10-12-25(37-6)13-11-24)16-19-34(35,5)30(27)17-18-33(28,29)4/h10-13,22-23,26-31H,7-9,14-21H2,1-6H3/t23-,26-,27-,28+,29-,30-,31+,33-,34-,35+/m1/s1. The molecule has 0 bridgehead atoms. The minimum absolute atomic E-state index is 0.0503. The summed E-state index contributed by atoms with van der Waals surface area (Å²) in [6.45, 7) is 12.5. The van der Waals surface area contributed by atoms with Crippen LogP contribution in [0.4, 0.5) is 0 Å². The van der Waals surface area contributed by atoms with E-state index in [0.717, 1.165) is 60.5 Å². The Balaban J connectivity index is 1.12. The van der Waals surface area contributed by atoms with Gasteiger partial charge in [0.15, 0.2) is 0 Å². The number of esters is 1.